The first-order chi connectivity index (χ1) is 7.77. The molecule has 1 aliphatic rings. The molecule has 1 fully saturated rings. The molecule has 0 bridgehead atoms. The standard InChI is InChI=1S/C11H20N2O3/c1-2-3-8-16-9-11(15)13-6-4-12(10-14)5-7-13/h10H,2-9H2,1H3. The van der Waals surface area contributed by atoms with Crippen LogP contribution in [0, 0.1) is 0 Å². The predicted molar refractivity (Wildman–Crippen MR) is 59.9 cm³/mol. The monoisotopic (exact) mass is 228 g/mol. The van der Waals surface area contributed by atoms with Crippen molar-refractivity contribution >= 4 is 12.3 Å². The SMILES string of the molecule is CCCCOCC(=O)N1CCN(C=O)CC1. The third kappa shape index (κ3) is 4.18. The third-order valence-electron chi connectivity index (χ3n) is 2.68. The summed E-state index contributed by atoms with van der Waals surface area (Å²) in [4.78, 5) is 25.6. The van der Waals surface area contributed by atoms with Crippen LogP contribution >= 0.6 is 0 Å². The van der Waals surface area contributed by atoms with Crippen molar-refractivity contribution < 1.29 is 14.3 Å². The van der Waals surface area contributed by atoms with Crippen LogP contribution in [0.15, 0.2) is 0 Å². The maximum absolute atomic E-state index is 11.7. The Kier molecular flexibility index (Phi) is 5.85. The van der Waals surface area contributed by atoms with Crippen molar-refractivity contribution in [3.05, 3.63) is 0 Å². The summed E-state index contributed by atoms with van der Waals surface area (Å²) in [5.74, 6) is 0.0293. The van der Waals surface area contributed by atoms with Crippen molar-refractivity contribution in [1.82, 2.24) is 9.80 Å². The van der Waals surface area contributed by atoms with Crippen molar-refractivity contribution in [1.29, 1.82) is 0 Å². The van der Waals surface area contributed by atoms with E-state index in [2.05, 4.69) is 6.92 Å². The maximum Gasteiger partial charge on any atom is 0.248 e. The van der Waals surface area contributed by atoms with Gasteiger partial charge in [-0.3, -0.25) is 9.59 Å². The zero-order valence-corrected chi connectivity index (χ0v) is 9.85. The smallest absolute Gasteiger partial charge is 0.248 e. The first-order valence-electron chi connectivity index (χ1n) is 5.82. The zero-order chi connectivity index (χ0) is 11.8. The van der Waals surface area contributed by atoms with Gasteiger partial charge in [0.25, 0.3) is 0 Å². The number of piperazine rings is 1. The van der Waals surface area contributed by atoms with Crippen molar-refractivity contribution in [3.8, 4) is 0 Å². The Balaban J connectivity index is 2.15. The summed E-state index contributed by atoms with van der Waals surface area (Å²) in [5, 5.41) is 0. The molecule has 1 saturated heterocycles. The van der Waals surface area contributed by atoms with Gasteiger partial charge in [0.1, 0.15) is 6.61 Å². The van der Waals surface area contributed by atoms with E-state index in [0.717, 1.165) is 19.3 Å². The fourth-order valence-corrected chi connectivity index (χ4v) is 1.57. The molecular weight excluding hydrogens is 208 g/mol. The quantitative estimate of drug-likeness (QED) is 0.479. The van der Waals surface area contributed by atoms with Gasteiger partial charge in [0, 0.05) is 32.8 Å². The number of amides is 2. The third-order valence-corrected chi connectivity index (χ3v) is 2.68. The molecule has 0 aromatic carbocycles. The molecule has 0 aromatic heterocycles. The van der Waals surface area contributed by atoms with E-state index in [1.165, 1.54) is 0 Å². The lowest BCUT2D eigenvalue weighted by atomic mass is 10.3. The fourth-order valence-electron chi connectivity index (χ4n) is 1.57. The largest absolute Gasteiger partial charge is 0.372 e. The minimum absolute atomic E-state index is 0.0293. The van der Waals surface area contributed by atoms with Crippen LogP contribution in [0.25, 0.3) is 0 Å². The molecule has 16 heavy (non-hydrogen) atoms. The first-order valence-corrected chi connectivity index (χ1v) is 5.82. The summed E-state index contributed by atoms with van der Waals surface area (Å²) in [6, 6.07) is 0. The van der Waals surface area contributed by atoms with Crippen LogP contribution in [0.5, 0.6) is 0 Å². The van der Waals surface area contributed by atoms with Crippen LogP contribution in [0.1, 0.15) is 19.8 Å². The van der Waals surface area contributed by atoms with Gasteiger partial charge >= 0.3 is 0 Å². The van der Waals surface area contributed by atoms with E-state index in [4.69, 9.17) is 4.74 Å². The number of unbranched alkanes of at least 4 members (excludes halogenated alkanes) is 1. The molecule has 0 radical (unpaired) electrons. The number of carbonyl (C=O) groups is 2. The topological polar surface area (TPSA) is 49.9 Å². The van der Waals surface area contributed by atoms with Gasteiger partial charge in [0.05, 0.1) is 0 Å². The van der Waals surface area contributed by atoms with Gasteiger partial charge in [0.15, 0.2) is 0 Å². The van der Waals surface area contributed by atoms with Gasteiger partial charge < -0.3 is 14.5 Å². The minimum atomic E-state index is 0.0293. The molecule has 0 saturated carbocycles. The van der Waals surface area contributed by atoms with E-state index in [9.17, 15) is 9.59 Å². The molecule has 1 aliphatic heterocycles. The van der Waals surface area contributed by atoms with Crippen molar-refractivity contribution in [2.75, 3.05) is 39.4 Å². The van der Waals surface area contributed by atoms with Crippen LogP contribution in [-0.4, -0.2) is 61.5 Å². The lowest BCUT2D eigenvalue weighted by molar-refractivity contribution is -0.139. The van der Waals surface area contributed by atoms with Crippen LogP contribution in [0.3, 0.4) is 0 Å². The molecule has 1 heterocycles. The highest BCUT2D eigenvalue weighted by molar-refractivity contribution is 5.77. The summed E-state index contributed by atoms with van der Waals surface area (Å²) in [6.07, 6.45) is 2.90. The second-order valence-electron chi connectivity index (χ2n) is 3.93. The predicted octanol–water partition coefficient (Wildman–Crippen LogP) is 0.104. The number of ether oxygens (including phenoxy) is 1. The summed E-state index contributed by atoms with van der Waals surface area (Å²) in [5.41, 5.74) is 0. The van der Waals surface area contributed by atoms with Crippen LogP contribution in [0.4, 0.5) is 0 Å². The van der Waals surface area contributed by atoms with Gasteiger partial charge in [0.2, 0.25) is 12.3 Å². The zero-order valence-electron chi connectivity index (χ0n) is 9.85. The molecule has 0 atom stereocenters. The van der Waals surface area contributed by atoms with Crippen LogP contribution in [0.2, 0.25) is 0 Å². The first kappa shape index (κ1) is 13.0. The van der Waals surface area contributed by atoms with Crippen molar-refractivity contribution in [2.24, 2.45) is 0 Å². The maximum atomic E-state index is 11.7. The highest BCUT2D eigenvalue weighted by Crippen LogP contribution is 2.00. The van der Waals surface area contributed by atoms with E-state index in [1.807, 2.05) is 0 Å². The number of nitrogens with zero attached hydrogens (tertiary/aromatic N) is 2. The Morgan fingerprint density at radius 3 is 2.56 bits per heavy atom. The van der Waals surface area contributed by atoms with E-state index < -0.39 is 0 Å². The number of hydrogen-bond acceptors (Lipinski definition) is 3. The number of carbonyl (C=O) groups excluding carboxylic acids is 2. The Bertz CT molecular complexity index is 225. The van der Waals surface area contributed by atoms with Crippen molar-refractivity contribution in [3.63, 3.8) is 0 Å². The van der Waals surface area contributed by atoms with E-state index in [-0.39, 0.29) is 12.5 Å². The average Bonchev–Trinajstić information content (AvgIpc) is 2.34. The molecule has 1 rings (SSSR count). The molecule has 0 spiro atoms. The van der Waals surface area contributed by atoms with E-state index in [1.54, 1.807) is 9.80 Å². The van der Waals surface area contributed by atoms with E-state index >= 15 is 0 Å². The molecule has 2 amide bonds. The molecule has 5 heteroatoms. The Morgan fingerprint density at radius 2 is 2.00 bits per heavy atom. The second kappa shape index (κ2) is 7.22. The van der Waals surface area contributed by atoms with Gasteiger partial charge in [-0.2, -0.15) is 0 Å². The highest BCUT2D eigenvalue weighted by atomic mass is 16.5. The minimum Gasteiger partial charge on any atom is -0.372 e. The molecule has 0 aliphatic carbocycles. The Hall–Kier alpha value is -1.10. The van der Waals surface area contributed by atoms with Gasteiger partial charge in [-0.05, 0) is 6.42 Å². The molecule has 0 aromatic rings. The van der Waals surface area contributed by atoms with Gasteiger partial charge in [-0.25, -0.2) is 0 Å². The summed E-state index contributed by atoms with van der Waals surface area (Å²) < 4.78 is 5.27. The summed E-state index contributed by atoms with van der Waals surface area (Å²) in [7, 11) is 0. The molecule has 0 N–H and O–H groups in total. The van der Waals surface area contributed by atoms with E-state index in [0.29, 0.717) is 32.8 Å². The van der Waals surface area contributed by atoms with Gasteiger partial charge in [-0.1, -0.05) is 13.3 Å². The van der Waals surface area contributed by atoms with Gasteiger partial charge in [-0.15, -0.1) is 0 Å². The lowest BCUT2D eigenvalue weighted by Crippen LogP contribution is -2.49. The summed E-state index contributed by atoms with van der Waals surface area (Å²) in [6.45, 7) is 5.40. The highest BCUT2D eigenvalue weighted by Gasteiger charge is 2.19. The van der Waals surface area contributed by atoms with Crippen LogP contribution < -0.4 is 0 Å². The fraction of sp³-hybridized carbons (Fsp3) is 0.818. The number of rotatable bonds is 6. The molecule has 0 unspecified atom stereocenters. The molecular formula is C11H20N2O3. The normalized spacial score (nSPS) is 16.3. The average molecular weight is 228 g/mol. The Labute approximate surface area is 96.3 Å². The molecule has 92 valence electrons. The lowest BCUT2D eigenvalue weighted by Gasteiger charge is -2.32. The Morgan fingerprint density at radius 1 is 1.31 bits per heavy atom. The summed E-state index contributed by atoms with van der Waals surface area (Å²) >= 11 is 0. The molecule has 5 nitrogen and oxygen atoms in total. The van der Waals surface area contributed by atoms with Crippen LogP contribution in [-0.2, 0) is 14.3 Å². The number of hydrogen-bond donors (Lipinski definition) is 0. The van der Waals surface area contributed by atoms with Crippen molar-refractivity contribution in [2.45, 2.75) is 19.8 Å². The second-order valence-corrected chi connectivity index (χ2v) is 3.93.